The SMILES string of the molecule is CC=C1C(=O)N(C(C)C)C(=O)C1=C[C](C)=[W]. The number of hydrogen-bond acceptors (Lipinski definition) is 2. The van der Waals surface area contributed by atoms with Gasteiger partial charge < -0.3 is 0 Å². The summed E-state index contributed by atoms with van der Waals surface area (Å²) in [6.45, 7) is 7.43. The molecule has 0 radical (unpaired) electrons. The Labute approximate surface area is 107 Å². The maximum atomic E-state index is 12.1. The van der Waals surface area contributed by atoms with E-state index in [9.17, 15) is 9.59 Å². The molecule has 16 heavy (non-hydrogen) atoms. The molecule has 3 nitrogen and oxygen atoms in total. The quantitative estimate of drug-likeness (QED) is 0.529. The fraction of sp³-hybridized carbons (Fsp3) is 0.417. The zero-order chi connectivity index (χ0) is 12.5. The second-order valence-electron chi connectivity index (χ2n) is 3.95. The van der Waals surface area contributed by atoms with Crippen molar-refractivity contribution >= 4 is 15.7 Å². The van der Waals surface area contributed by atoms with Crippen LogP contribution in [-0.4, -0.2) is 26.7 Å². The summed E-state index contributed by atoms with van der Waals surface area (Å²) in [6.07, 6.45) is 3.53. The number of hydrogen-bond donors (Lipinski definition) is 0. The van der Waals surface area contributed by atoms with Crippen molar-refractivity contribution in [2.75, 3.05) is 0 Å². The van der Waals surface area contributed by atoms with Gasteiger partial charge in [-0.2, -0.15) is 0 Å². The molecule has 0 aromatic carbocycles. The number of likely N-dealkylation sites (tertiary alicyclic amines) is 1. The van der Waals surface area contributed by atoms with Crippen molar-refractivity contribution < 1.29 is 28.9 Å². The van der Waals surface area contributed by atoms with Crippen LogP contribution in [0.25, 0.3) is 0 Å². The summed E-state index contributed by atoms with van der Waals surface area (Å²) >= 11 is 1.31. The van der Waals surface area contributed by atoms with Crippen molar-refractivity contribution in [3.63, 3.8) is 0 Å². The number of allylic oxidation sites excluding steroid dienone is 2. The number of imide groups is 1. The third-order valence-corrected chi connectivity index (χ3v) is 2.76. The van der Waals surface area contributed by atoms with Gasteiger partial charge in [0.2, 0.25) is 0 Å². The Hall–Kier alpha value is -0.822. The zero-order valence-corrected chi connectivity index (χ0v) is 12.8. The Morgan fingerprint density at radius 1 is 1.25 bits per heavy atom. The molecule has 2 amide bonds. The monoisotopic (exact) mass is 389 g/mol. The van der Waals surface area contributed by atoms with Gasteiger partial charge in [0.15, 0.2) is 0 Å². The molecule has 0 aromatic rings. The van der Waals surface area contributed by atoms with E-state index in [0.717, 1.165) is 3.90 Å². The molecule has 0 atom stereocenters. The number of carbonyl (C=O) groups excluding carboxylic acids is 2. The molecule has 1 aliphatic heterocycles. The minimum atomic E-state index is -0.176. The second kappa shape index (κ2) is 5.01. The molecule has 0 bridgehead atoms. The van der Waals surface area contributed by atoms with Gasteiger partial charge in [-0.05, 0) is 0 Å². The van der Waals surface area contributed by atoms with Crippen molar-refractivity contribution in [1.29, 1.82) is 0 Å². The first-order chi connectivity index (χ1) is 7.40. The minimum absolute atomic E-state index is 0.0923. The number of rotatable bonds is 2. The number of amides is 2. The Kier molecular flexibility index (Phi) is 4.14. The molecule has 1 fully saturated rings. The Bertz CT molecular complexity index is 419. The van der Waals surface area contributed by atoms with Gasteiger partial charge >= 0.3 is 107 Å². The van der Waals surface area contributed by atoms with E-state index in [-0.39, 0.29) is 17.9 Å². The third-order valence-electron chi connectivity index (χ3n) is 2.34. The van der Waals surface area contributed by atoms with Crippen molar-refractivity contribution in [2.24, 2.45) is 0 Å². The van der Waals surface area contributed by atoms with E-state index in [2.05, 4.69) is 0 Å². The van der Waals surface area contributed by atoms with Crippen LogP contribution in [0.3, 0.4) is 0 Å². The van der Waals surface area contributed by atoms with E-state index < -0.39 is 0 Å². The van der Waals surface area contributed by atoms with Gasteiger partial charge in [-0.25, -0.2) is 0 Å². The molecule has 1 rings (SSSR count). The topological polar surface area (TPSA) is 37.4 Å². The van der Waals surface area contributed by atoms with E-state index in [0.29, 0.717) is 11.1 Å². The van der Waals surface area contributed by atoms with Crippen molar-refractivity contribution in [2.45, 2.75) is 33.7 Å². The average molecular weight is 389 g/mol. The van der Waals surface area contributed by atoms with Crippen LogP contribution in [0.4, 0.5) is 0 Å². The first-order valence-electron chi connectivity index (χ1n) is 5.17. The molecule has 1 aliphatic rings. The third kappa shape index (κ3) is 2.30. The van der Waals surface area contributed by atoms with Crippen molar-refractivity contribution in [3.8, 4) is 0 Å². The molecule has 0 aliphatic carbocycles. The van der Waals surface area contributed by atoms with Crippen LogP contribution in [0.2, 0.25) is 0 Å². The number of carbonyl (C=O) groups is 2. The summed E-state index contributed by atoms with van der Waals surface area (Å²) in [5.41, 5.74) is 1.06. The Balaban J connectivity index is 3.28. The van der Waals surface area contributed by atoms with Crippen molar-refractivity contribution in [3.05, 3.63) is 23.3 Å². The normalized spacial score (nSPS) is 21.7. The first-order valence-corrected chi connectivity index (χ1v) is 6.63. The van der Waals surface area contributed by atoms with Crippen LogP contribution >= 0.6 is 0 Å². The zero-order valence-electron chi connectivity index (χ0n) is 9.90. The van der Waals surface area contributed by atoms with Gasteiger partial charge in [0.05, 0.1) is 0 Å². The fourth-order valence-electron chi connectivity index (χ4n) is 1.67. The Morgan fingerprint density at radius 2 is 1.75 bits per heavy atom. The van der Waals surface area contributed by atoms with E-state index in [1.165, 1.54) is 24.3 Å². The molecular formula is C12H15NO2W. The average Bonchev–Trinajstić information content (AvgIpc) is 2.37. The molecule has 1 heterocycles. The van der Waals surface area contributed by atoms with Gasteiger partial charge in [0, 0.05) is 0 Å². The van der Waals surface area contributed by atoms with Crippen LogP contribution in [0.5, 0.6) is 0 Å². The van der Waals surface area contributed by atoms with Crippen LogP contribution in [-0.2, 0) is 28.9 Å². The Morgan fingerprint density at radius 3 is 2.12 bits per heavy atom. The second-order valence-corrected chi connectivity index (χ2v) is 6.26. The summed E-state index contributed by atoms with van der Waals surface area (Å²) in [5, 5.41) is 0. The van der Waals surface area contributed by atoms with E-state index in [1.54, 1.807) is 13.0 Å². The van der Waals surface area contributed by atoms with Crippen molar-refractivity contribution in [1.82, 2.24) is 4.90 Å². The molecular weight excluding hydrogens is 374 g/mol. The summed E-state index contributed by atoms with van der Waals surface area (Å²) in [5.74, 6) is -0.348. The number of nitrogens with zero attached hydrogens (tertiary/aromatic N) is 1. The van der Waals surface area contributed by atoms with Gasteiger partial charge in [0.1, 0.15) is 0 Å². The molecule has 0 N–H and O–H groups in total. The van der Waals surface area contributed by atoms with Gasteiger partial charge in [-0.15, -0.1) is 0 Å². The van der Waals surface area contributed by atoms with Crippen LogP contribution in [0.15, 0.2) is 23.3 Å². The molecule has 1 saturated heterocycles. The van der Waals surface area contributed by atoms with Crippen LogP contribution in [0, 0.1) is 0 Å². The molecule has 0 spiro atoms. The predicted molar refractivity (Wildman–Crippen MR) is 59.5 cm³/mol. The molecule has 4 heteroatoms. The summed E-state index contributed by atoms with van der Waals surface area (Å²) in [6, 6.07) is -0.0923. The van der Waals surface area contributed by atoms with Gasteiger partial charge in [0.25, 0.3) is 0 Å². The van der Waals surface area contributed by atoms with E-state index in [4.69, 9.17) is 0 Å². The van der Waals surface area contributed by atoms with Gasteiger partial charge in [-0.1, -0.05) is 0 Å². The van der Waals surface area contributed by atoms with Crippen LogP contribution in [0.1, 0.15) is 27.7 Å². The maximum absolute atomic E-state index is 12.1. The van der Waals surface area contributed by atoms with Crippen LogP contribution < -0.4 is 0 Å². The predicted octanol–water partition coefficient (Wildman–Crippen LogP) is 1.38. The first kappa shape index (κ1) is 13.2. The molecule has 0 aromatic heterocycles. The summed E-state index contributed by atoms with van der Waals surface area (Å²) in [7, 11) is 0. The summed E-state index contributed by atoms with van der Waals surface area (Å²) < 4.78 is 1.10. The molecule has 0 unspecified atom stereocenters. The standard InChI is InChI=1S/C12H15NO2.W/c1-5-7-10-9(6-2)11(14)13(8(3)4)12(10)15;/h6-8H,1-4H3;. The molecule has 86 valence electrons. The van der Waals surface area contributed by atoms with E-state index in [1.807, 2.05) is 26.8 Å². The fourth-order valence-corrected chi connectivity index (χ4v) is 2.10. The summed E-state index contributed by atoms with van der Waals surface area (Å²) in [4.78, 5) is 25.3. The molecule has 0 saturated carbocycles. The van der Waals surface area contributed by atoms with E-state index >= 15 is 0 Å². The van der Waals surface area contributed by atoms with Gasteiger partial charge in [-0.3, -0.25) is 0 Å².